The molecular weight excluding hydrogens is 292 g/mol. The third-order valence-corrected chi connectivity index (χ3v) is 3.41. The molecule has 2 rings (SSSR count). The van der Waals surface area contributed by atoms with Crippen LogP contribution < -0.4 is 10.1 Å². The Hall–Kier alpha value is -2.30. The summed E-state index contributed by atoms with van der Waals surface area (Å²) in [6, 6.07) is 9.49. The second kappa shape index (κ2) is 6.86. The van der Waals surface area contributed by atoms with Crippen molar-refractivity contribution in [3.05, 3.63) is 41.7 Å². The zero-order chi connectivity index (χ0) is 17.0. The molecule has 2 aromatic rings. The molecule has 0 aliphatic carbocycles. The summed E-state index contributed by atoms with van der Waals surface area (Å²) in [5, 5.41) is 6.53. The SMILES string of the molecule is CC(C)c1cccc(OCC(=O)Nc2cc(C(C)(C)C)on2)c1. The number of anilines is 1. The summed E-state index contributed by atoms with van der Waals surface area (Å²) in [6.07, 6.45) is 0. The number of benzene rings is 1. The quantitative estimate of drug-likeness (QED) is 0.901. The molecule has 1 N–H and O–H groups in total. The monoisotopic (exact) mass is 316 g/mol. The van der Waals surface area contributed by atoms with E-state index in [1.165, 1.54) is 5.56 Å². The summed E-state index contributed by atoms with van der Waals surface area (Å²) in [5.74, 6) is 1.95. The van der Waals surface area contributed by atoms with E-state index in [1.807, 2.05) is 45.0 Å². The molecule has 0 atom stereocenters. The van der Waals surface area contributed by atoms with Crippen LogP contribution in [0.5, 0.6) is 5.75 Å². The minimum atomic E-state index is -0.270. The largest absolute Gasteiger partial charge is 0.484 e. The molecule has 0 unspecified atom stereocenters. The number of aromatic nitrogens is 1. The Morgan fingerprint density at radius 2 is 2.04 bits per heavy atom. The van der Waals surface area contributed by atoms with Gasteiger partial charge in [-0.15, -0.1) is 0 Å². The van der Waals surface area contributed by atoms with E-state index in [4.69, 9.17) is 9.26 Å². The van der Waals surface area contributed by atoms with E-state index in [-0.39, 0.29) is 17.9 Å². The summed E-state index contributed by atoms with van der Waals surface area (Å²) in [7, 11) is 0. The van der Waals surface area contributed by atoms with E-state index in [1.54, 1.807) is 6.07 Å². The Bertz CT molecular complexity index is 669. The second-order valence-corrected chi connectivity index (χ2v) is 6.89. The van der Waals surface area contributed by atoms with Crippen LogP contribution in [0.3, 0.4) is 0 Å². The Kier molecular flexibility index (Phi) is 5.08. The van der Waals surface area contributed by atoms with E-state index in [0.29, 0.717) is 17.5 Å². The third-order valence-electron chi connectivity index (χ3n) is 3.41. The number of nitrogens with zero attached hydrogens (tertiary/aromatic N) is 1. The lowest BCUT2D eigenvalue weighted by Gasteiger charge is -2.12. The maximum Gasteiger partial charge on any atom is 0.263 e. The summed E-state index contributed by atoms with van der Waals surface area (Å²) in [5.41, 5.74) is 1.03. The molecule has 5 heteroatoms. The molecule has 0 saturated heterocycles. The van der Waals surface area contributed by atoms with Gasteiger partial charge in [0, 0.05) is 11.5 Å². The van der Waals surface area contributed by atoms with Gasteiger partial charge in [0.25, 0.3) is 5.91 Å². The minimum absolute atomic E-state index is 0.0702. The molecule has 124 valence electrons. The van der Waals surface area contributed by atoms with Crippen LogP contribution in [0.2, 0.25) is 0 Å². The molecule has 1 heterocycles. The second-order valence-electron chi connectivity index (χ2n) is 6.89. The average Bonchev–Trinajstić information content (AvgIpc) is 2.94. The zero-order valence-corrected chi connectivity index (χ0v) is 14.3. The number of hydrogen-bond acceptors (Lipinski definition) is 4. The molecule has 0 bridgehead atoms. The Labute approximate surface area is 137 Å². The van der Waals surface area contributed by atoms with Gasteiger partial charge in [-0.3, -0.25) is 4.79 Å². The van der Waals surface area contributed by atoms with Gasteiger partial charge in [-0.25, -0.2) is 0 Å². The van der Waals surface area contributed by atoms with Crippen molar-refractivity contribution in [3.63, 3.8) is 0 Å². The topological polar surface area (TPSA) is 64.4 Å². The summed E-state index contributed by atoms with van der Waals surface area (Å²) in [4.78, 5) is 11.9. The van der Waals surface area contributed by atoms with Gasteiger partial charge in [0.05, 0.1) is 0 Å². The number of carbonyl (C=O) groups is 1. The van der Waals surface area contributed by atoms with Gasteiger partial charge < -0.3 is 14.6 Å². The maximum atomic E-state index is 11.9. The van der Waals surface area contributed by atoms with Crippen molar-refractivity contribution < 1.29 is 14.1 Å². The van der Waals surface area contributed by atoms with Gasteiger partial charge >= 0.3 is 0 Å². The van der Waals surface area contributed by atoms with E-state index in [2.05, 4.69) is 24.3 Å². The van der Waals surface area contributed by atoms with E-state index in [0.717, 1.165) is 5.76 Å². The molecule has 0 spiro atoms. The minimum Gasteiger partial charge on any atom is -0.484 e. The summed E-state index contributed by atoms with van der Waals surface area (Å²) >= 11 is 0. The highest BCUT2D eigenvalue weighted by Gasteiger charge is 2.20. The van der Waals surface area contributed by atoms with Gasteiger partial charge in [-0.2, -0.15) is 0 Å². The predicted molar refractivity (Wildman–Crippen MR) is 89.9 cm³/mol. The molecule has 0 saturated carbocycles. The first-order valence-corrected chi connectivity index (χ1v) is 7.75. The van der Waals surface area contributed by atoms with Crippen LogP contribution >= 0.6 is 0 Å². The molecule has 23 heavy (non-hydrogen) atoms. The molecule has 1 amide bonds. The fraction of sp³-hybridized carbons (Fsp3) is 0.444. The van der Waals surface area contributed by atoms with Crippen LogP contribution in [0.25, 0.3) is 0 Å². The predicted octanol–water partition coefficient (Wildman–Crippen LogP) is 4.11. The van der Waals surface area contributed by atoms with Gasteiger partial charge in [-0.05, 0) is 23.6 Å². The highest BCUT2D eigenvalue weighted by molar-refractivity contribution is 5.90. The first-order chi connectivity index (χ1) is 10.8. The van der Waals surface area contributed by atoms with Crippen molar-refractivity contribution in [2.75, 3.05) is 11.9 Å². The first-order valence-electron chi connectivity index (χ1n) is 7.75. The molecule has 0 aliphatic heterocycles. The zero-order valence-electron chi connectivity index (χ0n) is 14.3. The van der Waals surface area contributed by atoms with E-state index in [9.17, 15) is 4.79 Å². The molecule has 0 radical (unpaired) electrons. The lowest BCUT2D eigenvalue weighted by Crippen LogP contribution is -2.20. The van der Waals surface area contributed by atoms with Crippen LogP contribution in [0.1, 0.15) is 51.9 Å². The van der Waals surface area contributed by atoms with Crippen LogP contribution in [-0.2, 0) is 10.2 Å². The molecule has 5 nitrogen and oxygen atoms in total. The van der Waals surface area contributed by atoms with E-state index < -0.39 is 0 Å². The van der Waals surface area contributed by atoms with Gasteiger partial charge in [0.1, 0.15) is 11.5 Å². The number of carbonyl (C=O) groups excluding carboxylic acids is 1. The number of hydrogen-bond donors (Lipinski definition) is 1. The van der Waals surface area contributed by atoms with Crippen molar-refractivity contribution in [1.29, 1.82) is 0 Å². The van der Waals surface area contributed by atoms with Crippen molar-refractivity contribution >= 4 is 11.7 Å². The normalized spacial score (nSPS) is 11.6. The molecule has 1 aromatic carbocycles. The highest BCUT2D eigenvalue weighted by Crippen LogP contribution is 2.24. The summed E-state index contributed by atoms with van der Waals surface area (Å²) in [6.45, 7) is 10.2. The Morgan fingerprint density at radius 1 is 1.30 bits per heavy atom. The number of rotatable bonds is 5. The first kappa shape index (κ1) is 17.1. The number of amides is 1. The van der Waals surface area contributed by atoms with Gasteiger partial charge in [-0.1, -0.05) is 51.9 Å². The highest BCUT2D eigenvalue weighted by atomic mass is 16.5. The van der Waals surface area contributed by atoms with Crippen molar-refractivity contribution in [1.82, 2.24) is 5.16 Å². The lowest BCUT2D eigenvalue weighted by atomic mass is 9.93. The maximum absolute atomic E-state index is 11.9. The molecule has 0 fully saturated rings. The fourth-order valence-electron chi connectivity index (χ4n) is 1.98. The van der Waals surface area contributed by atoms with Crippen LogP contribution in [0.15, 0.2) is 34.9 Å². The Balaban J connectivity index is 1.90. The van der Waals surface area contributed by atoms with Crippen LogP contribution in [-0.4, -0.2) is 17.7 Å². The van der Waals surface area contributed by atoms with Crippen molar-refractivity contribution in [2.45, 2.75) is 46.0 Å². The smallest absolute Gasteiger partial charge is 0.263 e. The molecule has 1 aromatic heterocycles. The van der Waals surface area contributed by atoms with Gasteiger partial charge in [0.15, 0.2) is 12.4 Å². The molecular formula is C18H24N2O3. The van der Waals surface area contributed by atoms with Crippen molar-refractivity contribution in [2.24, 2.45) is 0 Å². The fourth-order valence-corrected chi connectivity index (χ4v) is 1.98. The lowest BCUT2D eigenvalue weighted by molar-refractivity contribution is -0.118. The average molecular weight is 316 g/mol. The number of nitrogens with one attached hydrogen (secondary N) is 1. The van der Waals surface area contributed by atoms with Gasteiger partial charge in [0.2, 0.25) is 0 Å². The van der Waals surface area contributed by atoms with E-state index >= 15 is 0 Å². The summed E-state index contributed by atoms with van der Waals surface area (Å²) < 4.78 is 10.8. The van der Waals surface area contributed by atoms with Crippen molar-refractivity contribution in [3.8, 4) is 5.75 Å². The molecule has 0 aliphatic rings. The van der Waals surface area contributed by atoms with Crippen LogP contribution in [0, 0.1) is 0 Å². The standard InChI is InChI=1S/C18H24N2O3/c1-12(2)13-7-6-8-14(9-13)22-11-17(21)19-16-10-15(23-20-16)18(3,4)5/h6-10,12H,11H2,1-5H3,(H,19,20,21). The Morgan fingerprint density at radius 3 is 2.65 bits per heavy atom. The third kappa shape index (κ3) is 4.84. The number of ether oxygens (including phenoxy) is 1. The van der Waals surface area contributed by atoms with Crippen LogP contribution in [0.4, 0.5) is 5.82 Å².